The summed E-state index contributed by atoms with van der Waals surface area (Å²) in [6.07, 6.45) is 8.46. The van der Waals surface area contributed by atoms with Crippen molar-refractivity contribution in [2.24, 2.45) is 11.8 Å². The molecule has 3 rings (SSSR count). The molecule has 2 aliphatic carbocycles. The lowest BCUT2D eigenvalue weighted by Gasteiger charge is -2.27. The molecule has 1 aromatic rings. The lowest BCUT2D eigenvalue weighted by molar-refractivity contribution is 0.414. The smallest absolute Gasteiger partial charge is 0.00146 e. The van der Waals surface area contributed by atoms with Crippen LogP contribution in [0.25, 0.3) is 0 Å². The third-order valence-corrected chi connectivity index (χ3v) is 5.53. The zero-order valence-electron chi connectivity index (χ0n) is 13.8. The predicted octanol–water partition coefficient (Wildman–Crippen LogP) is 5.08. The first-order valence-corrected chi connectivity index (χ1v) is 9.04. The molecule has 2 atom stereocenters. The van der Waals surface area contributed by atoms with Crippen LogP contribution in [0.5, 0.6) is 0 Å². The quantitative estimate of drug-likeness (QED) is 0.768. The lowest BCUT2D eigenvalue weighted by Crippen LogP contribution is -2.27. The normalized spacial score (nSPS) is 26.2. The molecule has 2 aliphatic rings. The van der Waals surface area contributed by atoms with Gasteiger partial charge in [-0.05, 0) is 73.6 Å². The largest absolute Gasteiger partial charge is 0.316 e. The Kier molecular flexibility index (Phi) is 5.00. The van der Waals surface area contributed by atoms with Gasteiger partial charge in [0, 0.05) is 0 Å². The molecule has 0 heterocycles. The summed E-state index contributed by atoms with van der Waals surface area (Å²) in [5, 5.41) is 3.69. The molecule has 0 bridgehead atoms. The van der Waals surface area contributed by atoms with Crippen LogP contribution in [0.1, 0.15) is 75.3 Å². The summed E-state index contributed by atoms with van der Waals surface area (Å²) >= 11 is 0. The Labute approximate surface area is 130 Å². The van der Waals surface area contributed by atoms with E-state index in [-0.39, 0.29) is 0 Å². The van der Waals surface area contributed by atoms with Crippen molar-refractivity contribution in [3.63, 3.8) is 0 Å². The first kappa shape index (κ1) is 15.1. The standard InChI is InChI=1S/C20H31N/c1-15(2)13-21-14-19-10-5-11-20(19)18-9-4-8-17(12-18)16-6-3-7-16/h4,8-9,12,15-16,19-21H,3,5-7,10-11,13-14H2,1-2H3. The van der Waals surface area contributed by atoms with Crippen molar-refractivity contribution in [3.8, 4) is 0 Å². The van der Waals surface area contributed by atoms with Crippen LogP contribution in [0.4, 0.5) is 0 Å². The number of hydrogen-bond acceptors (Lipinski definition) is 1. The van der Waals surface area contributed by atoms with Gasteiger partial charge >= 0.3 is 0 Å². The van der Waals surface area contributed by atoms with Gasteiger partial charge in [0.05, 0.1) is 0 Å². The molecule has 2 saturated carbocycles. The van der Waals surface area contributed by atoms with E-state index in [1.807, 2.05) is 0 Å². The Balaban J connectivity index is 1.64. The number of hydrogen-bond donors (Lipinski definition) is 1. The minimum atomic E-state index is 0.756. The Hall–Kier alpha value is -0.820. The molecule has 0 aliphatic heterocycles. The van der Waals surface area contributed by atoms with Crippen molar-refractivity contribution < 1.29 is 0 Å². The Morgan fingerprint density at radius 3 is 2.52 bits per heavy atom. The summed E-state index contributed by atoms with van der Waals surface area (Å²) < 4.78 is 0. The van der Waals surface area contributed by atoms with Crippen molar-refractivity contribution in [1.82, 2.24) is 5.32 Å². The number of benzene rings is 1. The second-order valence-corrected chi connectivity index (χ2v) is 7.65. The third-order valence-electron chi connectivity index (χ3n) is 5.53. The van der Waals surface area contributed by atoms with E-state index in [0.717, 1.165) is 30.2 Å². The maximum atomic E-state index is 3.69. The van der Waals surface area contributed by atoms with E-state index < -0.39 is 0 Å². The highest BCUT2D eigenvalue weighted by molar-refractivity contribution is 5.31. The Bertz CT molecular complexity index is 447. The van der Waals surface area contributed by atoms with E-state index in [9.17, 15) is 0 Å². The van der Waals surface area contributed by atoms with Crippen LogP contribution in [-0.4, -0.2) is 13.1 Å². The fourth-order valence-corrected chi connectivity index (χ4v) is 4.06. The molecule has 0 saturated heterocycles. The molecule has 1 N–H and O–H groups in total. The maximum Gasteiger partial charge on any atom is -0.00146 e. The molecular weight excluding hydrogens is 254 g/mol. The maximum absolute atomic E-state index is 3.69. The highest BCUT2D eigenvalue weighted by Gasteiger charge is 2.29. The number of rotatable bonds is 6. The van der Waals surface area contributed by atoms with E-state index in [1.54, 1.807) is 11.1 Å². The first-order valence-electron chi connectivity index (χ1n) is 9.04. The summed E-state index contributed by atoms with van der Waals surface area (Å²) in [7, 11) is 0. The van der Waals surface area contributed by atoms with E-state index in [0.29, 0.717) is 0 Å². The molecule has 1 aromatic carbocycles. The van der Waals surface area contributed by atoms with Gasteiger partial charge in [-0.3, -0.25) is 0 Å². The summed E-state index contributed by atoms with van der Waals surface area (Å²) in [4.78, 5) is 0. The Morgan fingerprint density at radius 1 is 1.05 bits per heavy atom. The molecule has 0 spiro atoms. The molecule has 2 unspecified atom stereocenters. The minimum Gasteiger partial charge on any atom is -0.316 e. The fraction of sp³-hybridized carbons (Fsp3) is 0.700. The zero-order valence-corrected chi connectivity index (χ0v) is 13.8. The average Bonchev–Trinajstić information content (AvgIpc) is 2.85. The molecule has 2 fully saturated rings. The molecular formula is C20H31N. The summed E-state index contributed by atoms with van der Waals surface area (Å²) in [6, 6.07) is 9.58. The van der Waals surface area contributed by atoms with Crippen LogP contribution >= 0.6 is 0 Å². The van der Waals surface area contributed by atoms with Gasteiger partial charge in [0.25, 0.3) is 0 Å². The molecule has 1 heteroatoms. The Morgan fingerprint density at radius 2 is 1.81 bits per heavy atom. The molecule has 116 valence electrons. The topological polar surface area (TPSA) is 12.0 Å². The molecule has 1 nitrogen and oxygen atoms in total. The van der Waals surface area contributed by atoms with Crippen molar-refractivity contribution in [3.05, 3.63) is 35.4 Å². The predicted molar refractivity (Wildman–Crippen MR) is 90.8 cm³/mol. The molecule has 21 heavy (non-hydrogen) atoms. The summed E-state index contributed by atoms with van der Waals surface area (Å²) in [5.41, 5.74) is 3.23. The van der Waals surface area contributed by atoms with Crippen LogP contribution < -0.4 is 5.32 Å². The van der Waals surface area contributed by atoms with Gasteiger partial charge in [-0.25, -0.2) is 0 Å². The lowest BCUT2D eigenvalue weighted by atomic mass is 9.78. The number of nitrogens with one attached hydrogen (secondary N) is 1. The van der Waals surface area contributed by atoms with Crippen LogP contribution in [0, 0.1) is 11.8 Å². The van der Waals surface area contributed by atoms with Crippen molar-refractivity contribution >= 4 is 0 Å². The monoisotopic (exact) mass is 285 g/mol. The van der Waals surface area contributed by atoms with E-state index in [2.05, 4.69) is 43.4 Å². The van der Waals surface area contributed by atoms with Gasteiger partial charge in [-0.15, -0.1) is 0 Å². The van der Waals surface area contributed by atoms with Gasteiger partial charge in [0.2, 0.25) is 0 Å². The van der Waals surface area contributed by atoms with Gasteiger partial charge in [0.1, 0.15) is 0 Å². The van der Waals surface area contributed by atoms with Crippen LogP contribution in [0.2, 0.25) is 0 Å². The molecule has 0 aromatic heterocycles. The van der Waals surface area contributed by atoms with Crippen molar-refractivity contribution in [1.29, 1.82) is 0 Å². The third kappa shape index (κ3) is 3.69. The van der Waals surface area contributed by atoms with E-state index >= 15 is 0 Å². The zero-order chi connectivity index (χ0) is 14.7. The van der Waals surface area contributed by atoms with Crippen LogP contribution in [0.15, 0.2) is 24.3 Å². The van der Waals surface area contributed by atoms with Crippen molar-refractivity contribution in [2.75, 3.05) is 13.1 Å². The second-order valence-electron chi connectivity index (χ2n) is 7.65. The van der Waals surface area contributed by atoms with Gasteiger partial charge in [0.15, 0.2) is 0 Å². The fourth-order valence-electron chi connectivity index (χ4n) is 4.06. The molecule has 0 amide bonds. The minimum absolute atomic E-state index is 0.756. The molecule has 0 radical (unpaired) electrons. The van der Waals surface area contributed by atoms with Crippen LogP contribution in [0.3, 0.4) is 0 Å². The first-order chi connectivity index (χ1) is 10.2. The van der Waals surface area contributed by atoms with E-state index in [4.69, 9.17) is 0 Å². The second kappa shape index (κ2) is 6.96. The highest BCUT2D eigenvalue weighted by Crippen LogP contribution is 2.42. The highest BCUT2D eigenvalue weighted by atomic mass is 14.9. The van der Waals surface area contributed by atoms with Gasteiger partial charge < -0.3 is 5.32 Å². The average molecular weight is 285 g/mol. The van der Waals surface area contributed by atoms with Crippen LogP contribution in [-0.2, 0) is 0 Å². The van der Waals surface area contributed by atoms with Crippen molar-refractivity contribution in [2.45, 2.75) is 64.2 Å². The summed E-state index contributed by atoms with van der Waals surface area (Å²) in [6.45, 7) is 6.95. The van der Waals surface area contributed by atoms with E-state index in [1.165, 1.54) is 45.1 Å². The SMILES string of the molecule is CC(C)CNCC1CCCC1c1cccc(C2CCC2)c1. The van der Waals surface area contributed by atoms with Gasteiger partial charge in [-0.2, -0.15) is 0 Å². The summed E-state index contributed by atoms with van der Waals surface area (Å²) in [5.74, 6) is 3.26. The van der Waals surface area contributed by atoms with Gasteiger partial charge in [-0.1, -0.05) is 51.0 Å².